The van der Waals surface area contributed by atoms with E-state index in [1.165, 1.54) is 50.1 Å². The lowest BCUT2D eigenvalue weighted by atomic mass is 9.78. The van der Waals surface area contributed by atoms with Crippen molar-refractivity contribution in [1.82, 2.24) is 14.1 Å². The molecule has 0 saturated heterocycles. The van der Waals surface area contributed by atoms with Crippen LogP contribution in [0.4, 0.5) is 5.69 Å². The molecule has 0 aliphatic carbocycles. The zero-order chi connectivity index (χ0) is 81.5. The molecule has 6 nitrogen and oxygen atoms in total. The van der Waals surface area contributed by atoms with E-state index in [-0.39, 0.29) is 27.1 Å². The Morgan fingerprint density at radius 1 is 0.308 bits per heavy atom. The minimum atomic E-state index is -0.151. The fourth-order valence-corrected chi connectivity index (χ4v) is 16.3. The molecule has 17 aromatic rings. The van der Waals surface area contributed by atoms with Gasteiger partial charge in [-0.05, 0) is 264 Å². The molecule has 0 N–H and O–H groups in total. The van der Waals surface area contributed by atoms with Crippen LogP contribution in [-0.2, 0) is 27.1 Å². The SMILES string of the molecule is [C-]#[N+]c1cc(Oc2ccc3c4cc(-c5cc(-c6cc(C(C)(C)C)cc(C(C)(C)C)c6)cc(-c6cc(C(C)(C)C)cc(C(C)(C)C)c6)c5)ccc4n(-c4cc(C(C)(C)C)ccn4)c3c2)cc(-n2[c-][n+](-c3c(-c4cc(-c5ccccc5)cc(-c5ccccc5)c4)cccc3-c3cc(-c4ccccc4)cc(-c4ccccc4)c3)c3ccccc32)c1. The van der Waals surface area contributed by atoms with Gasteiger partial charge in [0.05, 0.1) is 40.0 Å². The topological polar surface area (TPSA) is 40.2 Å². The molecule has 3 aromatic heterocycles. The molecule has 14 aromatic carbocycles. The summed E-state index contributed by atoms with van der Waals surface area (Å²) in [6.45, 7) is 43.4. The number of ether oxygens (including phenoxy) is 1. The molecule has 0 saturated carbocycles. The van der Waals surface area contributed by atoms with Gasteiger partial charge in [0.25, 0.3) is 6.33 Å². The van der Waals surface area contributed by atoms with Crippen molar-refractivity contribution in [2.45, 2.75) is 131 Å². The molecule has 6 heteroatoms. The number of para-hydroxylation sites is 3. The Balaban J connectivity index is 0.832. The lowest BCUT2D eigenvalue weighted by Crippen LogP contribution is -2.31. The number of rotatable bonds is 14. The highest BCUT2D eigenvalue weighted by atomic mass is 16.5. The molecule has 117 heavy (non-hydrogen) atoms. The van der Waals surface area contributed by atoms with Crippen molar-refractivity contribution in [3.05, 3.63) is 373 Å². The van der Waals surface area contributed by atoms with Gasteiger partial charge in [-0.15, -0.1) is 0 Å². The van der Waals surface area contributed by atoms with Crippen molar-refractivity contribution in [2.24, 2.45) is 0 Å². The van der Waals surface area contributed by atoms with Crippen LogP contribution >= 0.6 is 0 Å². The summed E-state index contributed by atoms with van der Waals surface area (Å²) in [5.74, 6) is 1.93. The maximum absolute atomic E-state index is 8.75. The van der Waals surface area contributed by atoms with E-state index in [4.69, 9.17) is 16.3 Å². The molecule has 0 bridgehead atoms. The highest BCUT2D eigenvalue weighted by molar-refractivity contribution is 6.11. The van der Waals surface area contributed by atoms with Gasteiger partial charge in [0.1, 0.15) is 17.3 Å². The van der Waals surface area contributed by atoms with Gasteiger partial charge >= 0.3 is 0 Å². The molecule has 0 aliphatic heterocycles. The highest BCUT2D eigenvalue weighted by Gasteiger charge is 2.28. The Labute approximate surface area is 690 Å². The van der Waals surface area contributed by atoms with Crippen LogP contribution in [0.15, 0.2) is 328 Å². The maximum atomic E-state index is 8.75. The Hall–Kier alpha value is -13.2. The number of benzene rings is 14. The lowest BCUT2D eigenvalue weighted by Gasteiger charge is -2.27. The molecule has 3 heterocycles. The van der Waals surface area contributed by atoms with E-state index in [0.717, 1.165) is 122 Å². The van der Waals surface area contributed by atoms with E-state index >= 15 is 0 Å². The van der Waals surface area contributed by atoms with Gasteiger partial charge in [0, 0.05) is 23.0 Å². The third-order valence-corrected chi connectivity index (χ3v) is 23.1. The van der Waals surface area contributed by atoms with Crippen molar-refractivity contribution < 1.29 is 9.30 Å². The number of hydrogen-bond acceptors (Lipinski definition) is 2. The molecule has 0 atom stereocenters. The minimum Gasteiger partial charge on any atom is -0.459 e. The van der Waals surface area contributed by atoms with E-state index in [2.05, 4.69) is 432 Å². The number of fused-ring (bicyclic) bond motifs is 4. The first-order valence-corrected chi connectivity index (χ1v) is 40.9. The molecule has 17 rings (SSSR count). The largest absolute Gasteiger partial charge is 0.459 e. The van der Waals surface area contributed by atoms with Gasteiger partial charge < -0.3 is 4.74 Å². The summed E-state index contributed by atoms with van der Waals surface area (Å²) in [6.07, 6.45) is 5.92. The van der Waals surface area contributed by atoms with E-state index in [0.29, 0.717) is 22.9 Å². The summed E-state index contributed by atoms with van der Waals surface area (Å²) in [7, 11) is 0. The van der Waals surface area contributed by atoms with Crippen molar-refractivity contribution in [3.63, 3.8) is 0 Å². The van der Waals surface area contributed by atoms with E-state index < -0.39 is 0 Å². The lowest BCUT2D eigenvalue weighted by molar-refractivity contribution is -0.571. The third kappa shape index (κ3) is 15.5. The normalized spacial score (nSPS) is 12.2. The fraction of sp³-hybridized carbons (Fsp3) is 0.180. The molecule has 0 spiro atoms. The highest BCUT2D eigenvalue weighted by Crippen LogP contribution is 2.46. The van der Waals surface area contributed by atoms with Gasteiger partial charge in [-0.25, -0.2) is 9.83 Å². The van der Waals surface area contributed by atoms with Gasteiger partial charge in [-0.2, -0.15) is 0 Å². The first-order valence-electron chi connectivity index (χ1n) is 40.9. The van der Waals surface area contributed by atoms with Gasteiger partial charge in [0.2, 0.25) is 0 Å². The van der Waals surface area contributed by atoms with Crippen LogP contribution in [0.25, 0.3) is 155 Å². The van der Waals surface area contributed by atoms with E-state index in [1.54, 1.807) is 0 Å². The summed E-state index contributed by atoms with van der Waals surface area (Å²) < 4.78 is 13.8. The summed E-state index contributed by atoms with van der Waals surface area (Å²) >= 11 is 0. The van der Waals surface area contributed by atoms with Crippen LogP contribution in [0.3, 0.4) is 0 Å². The number of hydrogen-bond donors (Lipinski definition) is 0. The summed E-state index contributed by atoms with van der Waals surface area (Å²) in [5.41, 5.74) is 31.9. The van der Waals surface area contributed by atoms with Crippen LogP contribution in [0.2, 0.25) is 0 Å². The summed E-state index contributed by atoms with van der Waals surface area (Å²) in [6, 6.07) is 117. The predicted octanol–water partition coefficient (Wildman–Crippen LogP) is 30.0. The average Bonchev–Trinajstić information content (AvgIpc) is 1.61. The number of pyridine rings is 1. The Morgan fingerprint density at radius 2 is 0.726 bits per heavy atom. The average molecular weight is 1520 g/mol. The van der Waals surface area contributed by atoms with Crippen molar-refractivity contribution >= 4 is 38.5 Å². The minimum absolute atomic E-state index is 0.0730. The first kappa shape index (κ1) is 76.4. The molecule has 0 amide bonds. The number of imidazole rings is 1. The fourth-order valence-electron chi connectivity index (χ4n) is 16.3. The van der Waals surface area contributed by atoms with E-state index in [1.807, 2.05) is 24.4 Å². The predicted molar refractivity (Wildman–Crippen MR) is 491 cm³/mol. The second-order valence-electron chi connectivity index (χ2n) is 36.7. The smallest absolute Gasteiger partial charge is 0.269 e. The Morgan fingerprint density at radius 3 is 1.18 bits per heavy atom. The monoisotopic (exact) mass is 1520 g/mol. The molecule has 0 fully saturated rings. The third-order valence-electron chi connectivity index (χ3n) is 23.1. The van der Waals surface area contributed by atoms with Crippen LogP contribution in [0.1, 0.15) is 132 Å². The summed E-state index contributed by atoms with van der Waals surface area (Å²) in [4.78, 5) is 9.35. The Bertz CT molecular complexity index is 6300. The van der Waals surface area contributed by atoms with Crippen LogP contribution in [0, 0.1) is 12.9 Å². The van der Waals surface area contributed by atoms with Gasteiger partial charge in [-0.1, -0.05) is 310 Å². The second kappa shape index (κ2) is 29.9. The number of aromatic nitrogens is 4. The zero-order valence-electron chi connectivity index (χ0n) is 69.8. The number of nitrogens with zero attached hydrogens (tertiary/aromatic N) is 5. The maximum Gasteiger partial charge on any atom is 0.269 e. The quantitative estimate of drug-likeness (QED) is 0.0804. The molecule has 0 unspecified atom stereocenters. The van der Waals surface area contributed by atoms with Gasteiger partial charge in [-0.3, -0.25) is 13.7 Å². The molecular formula is C111H99N5O. The molecule has 0 aliphatic rings. The summed E-state index contributed by atoms with van der Waals surface area (Å²) in [5, 5.41) is 2.14. The van der Waals surface area contributed by atoms with E-state index in [9.17, 15) is 0 Å². The molecule has 574 valence electrons. The van der Waals surface area contributed by atoms with Crippen molar-refractivity contribution in [3.8, 4) is 129 Å². The van der Waals surface area contributed by atoms with Crippen molar-refractivity contribution in [1.29, 1.82) is 0 Å². The van der Waals surface area contributed by atoms with Gasteiger partial charge in [0.15, 0.2) is 5.69 Å². The second-order valence-corrected chi connectivity index (χ2v) is 36.7. The Kier molecular flexibility index (Phi) is 19.5. The zero-order valence-corrected chi connectivity index (χ0v) is 69.8. The molecular weight excluding hydrogens is 1420 g/mol. The first-order chi connectivity index (χ1) is 56.0. The van der Waals surface area contributed by atoms with Crippen molar-refractivity contribution in [2.75, 3.05) is 0 Å². The standard InChI is InChI=1S/C111H99N5O/c1-107(2,3)88-48-49-113-105(66-88)116-101-47-44-76(81-52-82(84-59-89(108(4,5)6)64-90(60-84)109(7,8)9)54-83(53-81)85-61-91(110(10,11)12)65-92(62-85)111(13,14)15)63-100(101)99-46-45-95(70-104(99)116)117-96-68-93(112-16)67-94(69-96)114-71-115(103-43-30-29-42-102(103)114)106-97(86-55-77(72-32-21-17-22-33-72)50-78(56-86)73-34-23-18-24-35-73)40-31-41-98(106)87-57-79(74-36-25-19-26-37-74)51-80(58-87)75-38-27-20-28-39-75/h17-70H,1-15H3. The molecule has 0 radical (unpaired) electrons. The van der Waals surface area contributed by atoms with Crippen LogP contribution in [0.5, 0.6) is 11.5 Å². The van der Waals surface area contributed by atoms with Crippen LogP contribution in [-0.4, -0.2) is 14.1 Å². The van der Waals surface area contributed by atoms with Crippen LogP contribution < -0.4 is 9.30 Å².